The fourth-order valence-electron chi connectivity index (χ4n) is 4.82. The number of likely N-dealkylation sites (tertiary alicyclic amines) is 1. The van der Waals surface area contributed by atoms with E-state index in [1.165, 1.54) is 35.1 Å². The zero-order valence-corrected chi connectivity index (χ0v) is 21.4. The van der Waals surface area contributed by atoms with Crippen molar-refractivity contribution in [1.82, 2.24) is 19.5 Å². The molecular formula is C28H26F3N5O3. The van der Waals surface area contributed by atoms with Crippen molar-refractivity contribution in [2.45, 2.75) is 32.6 Å². The molecule has 1 aliphatic heterocycles. The van der Waals surface area contributed by atoms with Crippen molar-refractivity contribution in [3.63, 3.8) is 0 Å². The molecular weight excluding hydrogens is 511 g/mol. The maximum absolute atomic E-state index is 14.7. The van der Waals surface area contributed by atoms with Gasteiger partial charge in [-0.3, -0.25) is 4.79 Å². The standard InChI is InChI=1S/C28H26F3N5O3/c1-3-39-28(38)21-15-33-36-25(21)32-14-20(26(36)34-24-12-16(2)4-7-22(24)30)27(37)35-10-8-17(9-11-35)19-6-5-18(29)13-23(19)31/h4-7,12-15,17,34H,3,8-11H2,1-2H3. The van der Waals surface area contributed by atoms with Crippen molar-refractivity contribution in [3.05, 3.63) is 88.5 Å². The minimum Gasteiger partial charge on any atom is -0.462 e. The number of amides is 1. The van der Waals surface area contributed by atoms with Gasteiger partial charge in [0.25, 0.3) is 5.91 Å². The van der Waals surface area contributed by atoms with Gasteiger partial charge in [-0.15, -0.1) is 0 Å². The second-order valence-corrected chi connectivity index (χ2v) is 9.38. The van der Waals surface area contributed by atoms with Crippen LogP contribution in [-0.2, 0) is 4.74 Å². The molecule has 39 heavy (non-hydrogen) atoms. The monoisotopic (exact) mass is 537 g/mol. The van der Waals surface area contributed by atoms with Crippen LogP contribution in [0.5, 0.6) is 0 Å². The van der Waals surface area contributed by atoms with Crippen molar-refractivity contribution < 1.29 is 27.5 Å². The Morgan fingerprint density at radius 2 is 1.79 bits per heavy atom. The van der Waals surface area contributed by atoms with Gasteiger partial charge < -0.3 is 15.0 Å². The number of aryl methyl sites for hydroxylation is 1. The maximum Gasteiger partial charge on any atom is 0.343 e. The molecule has 1 fully saturated rings. The van der Waals surface area contributed by atoms with E-state index in [0.717, 1.165) is 11.6 Å². The predicted octanol–water partition coefficient (Wildman–Crippen LogP) is 5.40. The minimum atomic E-state index is -0.637. The van der Waals surface area contributed by atoms with E-state index in [9.17, 15) is 22.8 Å². The highest BCUT2D eigenvalue weighted by Gasteiger charge is 2.30. The van der Waals surface area contributed by atoms with Crippen molar-refractivity contribution in [2.24, 2.45) is 0 Å². The van der Waals surface area contributed by atoms with Crippen LogP contribution in [0.3, 0.4) is 0 Å². The van der Waals surface area contributed by atoms with Crippen LogP contribution in [-0.4, -0.2) is 51.1 Å². The van der Waals surface area contributed by atoms with E-state index in [2.05, 4.69) is 15.4 Å². The Kier molecular flexibility index (Phi) is 7.23. The molecule has 1 N–H and O–H groups in total. The lowest BCUT2D eigenvalue weighted by Gasteiger charge is -2.32. The second-order valence-electron chi connectivity index (χ2n) is 9.38. The van der Waals surface area contributed by atoms with Gasteiger partial charge in [-0.05, 0) is 61.9 Å². The fraction of sp³-hybridized carbons (Fsp3) is 0.286. The molecule has 0 atom stereocenters. The average Bonchev–Trinajstić information content (AvgIpc) is 3.36. The smallest absolute Gasteiger partial charge is 0.343 e. The third-order valence-corrected chi connectivity index (χ3v) is 6.81. The molecule has 1 amide bonds. The highest BCUT2D eigenvalue weighted by molar-refractivity contribution is 6.01. The first-order valence-electron chi connectivity index (χ1n) is 12.6. The average molecular weight is 538 g/mol. The van der Waals surface area contributed by atoms with Gasteiger partial charge in [-0.2, -0.15) is 9.61 Å². The summed E-state index contributed by atoms with van der Waals surface area (Å²) in [6.45, 7) is 4.28. The number of nitrogens with one attached hydrogen (secondary N) is 1. The number of halogens is 3. The van der Waals surface area contributed by atoms with E-state index in [1.807, 2.05) is 0 Å². The van der Waals surface area contributed by atoms with Crippen molar-refractivity contribution in [3.8, 4) is 0 Å². The topological polar surface area (TPSA) is 88.8 Å². The van der Waals surface area contributed by atoms with Crippen LogP contribution in [0.1, 0.15) is 57.5 Å². The third kappa shape index (κ3) is 5.16. The lowest BCUT2D eigenvalue weighted by molar-refractivity contribution is 0.0528. The number of rotatable bonds is 6. The van der Waals surface area contributed by atoms with Gasteiger partial charge in [0.2, 0.25) is 0 Å². The van der Waals surface area contributed by atoms with E-state index in [1.54, 1.807) is 30.9 Å². The third-order valence-electron chi connectivity index (χ3n) is 6.81. The van der Waals surface area contributed by atoms with Crippen LogP contribution in [0.15, 0.2) is 48.8 Å². The molecule has 0 radical (unpaired) electrons. The first-order chi connectivity index (χ1) is 18.8. The summed E-state index contributed by atoms with van der Waals surface area (Å²) in [6.07, 6.45) is 3.57. The number of carbonyl (C=O) groups excluding carboxylic acids is 2. The number of carbonyl (C=O) groups is 2. The second kappa shape index (κ2) is 10.8. The number of nitrogens with zero attached hydrogens (tertiary/aromatic N) is 4. The Morgan fingerprint density at radius 3 is 2.51 bits per heavy atom. The van der Waals surface area contributed by atoms with Crippen molar-refractivity contribution in [2.75, 3.05) is 25.0 Å². The normalized spacial score (nSPS) is 14.0. The number of piperidine rings is 1. The number of hydrogen-bond donors (Lipinski definition) is 1. The Labute approximate surface area is 222 Å². The lowest BCUT2D eigenvalue weighted by Crippen LogP contribution is -2.38. The number of esters is 1. The maximum atomic E-state index is 14.7. The van der Waals surface area contributed by atoms with Crippen LogP contribution in [0.2, 0.25) is 0 Å². The number of benzene rings is 2. The highest BCUT2D eigenvalue weighted by atomic mass is 19.1. The Balaban J connectivity index is 1.48. The first-order valence-corrected chi connectivity index (χ1v) is 12.6. The molecule has 1 saturated heterocycles. The van der Waals surface area contributed by atoms with Gasteiger partial charge >= 0.3 is 5.97 Å². The summed E-state index contributed by atoms with van der Waals surface area (Å²) in [4.78, 5) is 32.0. The molecule has 1 aliphatic rings. The number of fused-ring (bicyclic) bond motifs is 1. The van der Waals surface area contributed by atoms with Gasteiger partial charge in [-0.25, -0.2) is 22.9 Å². The lowest BCUT2D eigenvalue weighted by atomic mass is 9.89. The summed E-state index contributed by atoms with van der Waals surface area (Å²) in [6, 6.07) is 8.06. The van der Waals surface area contributed by atoms with Gasteiger partial charge in [0.15, 0.2) is 5.65 Å². The molecule has 4 aromatic rings. The van der Waals surface area contributed by atoms with Crippen LogP contribution in [0.4, 0.5) is 24.7 Å². The van der Waals surface area contributed by atoms with E-state index >= 15 is 0 Å². The number of ether oxygens (including phenoxy) is 1. The summed E-state index contributed by atoms with van der Waals surface area (Å²) >= 11 is 0. The summed E-state index contributed by atoms with van der Waals surface area (Å²) in [5, 5.41) is 7.23. The molecule has 2 aromatic heterocycles. The van der Waals surface area contributed by atoms with Crippen LogP contribution in [0.25, 0.3) is 5.65 Å². The summed E-state index contributed by atoms with van der Waals surface area (Å²) in [5.41, 5.74) is 1.70. The van der Waals surface area contributed by atoms with E-state index in [0.29, 0.717) is 31.5 Å². The Bertz CT molecular complexity index is 1560. The summed E-state index contributed by atoms with van der Waals surface area (Å²) in [7, 11) is 0. The van der Waals surface area contributed by atoms with Gasteiger partial charge in [-0.1, -0.05) is 12.1 Å². The van der Waals surface area contributed by atoms with E-state index in [4.69, 9.17) is 4.74 Å². The van der Waals surface area contributed by atoms with Crippen LogP contribution < -0.4 is 5.32 Å². The highest BCUT2D eigenvalue weighted by Crippen LogP contribution is 2.32. The molecule has 3 heterocycles. The van der Waals surface area contributed by atoms with Gasteiger partial charge in [0, 0.05) is 25.4 Å². The molecule has 0 unspecified atom stereocenters. The van der Waals surface area contributed by atoms with Crippen molar-refractivity contribution >= 4 is 29.0 Å². The fourth-order valence-corrected chi connectivity index (χ4v) is 4.82. The number of anilines is 2. The van der Waals surface area contributed by atoms with Gasteiger partial charge in [0.1, 0.15) is 34.4 Å². The van der Waals surface area contributed by atoms with Crippen molar-refractivity contribution in [1.29, 1.82) is 0 Å². The summed E-state index contributed by atoms with van der Waals surface area (Å²) in [5.74, 6) is -2.81. The zero-order valence-electron chi connectivity index (χ0n) is 21.4. The molecule has 202 valence electrons. The quantitative estimate of drug-likeness (QED) is 0.332. The van der Waals surface area contributed by atoms with E-state index in [-0.39, 0.29) is 46.7 Å². The Morgan fingerprint density at radius 1 is 1.03 bits per heavy atom. The van der Waals surface area contributed by atoms with Crippen LogP contribution >= 0.6 is 0 Å². The molecule has 0 spiro atoms. The largest absolute Gasteiger partial charge is 0.462 e. The predicted molar refractivity (Wildman–Crippen MR) is 138 cm³/mol. The van der Waals surface area contributed by atoms with Crippen LogP contribution in [0, 0.1) is 24.4 Å². The van der Waals surface area contributed by atoms with Gasteiger partial charge in [0.05, 0.1) is 18.5 Å². The number of hydrogen-bond acceptors (Lipinski definition) is 6. The molecule has 2 aromatic carbocycles. The molecule has 0 aliphatic carbocycles. The number of aromatic nitrogens is 3. The first kappa shape index (κ1) is 26.2. The summed E-state index contributed by atoms with van der Waals surface area (Å²) < 4.78 is 48.7. The SMILES string of the molecule is CCOC(=O)c1cnn2c(Nc3cc(C)ccc3F)c(C(=O)N3CCC(c4ccc(F)cc4F)CC3)cnc12. The molecule has 8 nitrogen and oxygen atoms in total. The molecule has 5 rings (SSSR count). The Hall–Kier alpha value is -4.41. The molecule has 11 heteroatoms. The zero-order chi connectivity index (χ0) is 27.7. The minimum absolute atomic E-state index is 0.103. The van der Waals surface area contributed by atoms with E-state index < -0.39 is 23.4 Å². The molecule has 0 saturated carbocycles. The molecule has 0 bridgehead atoms.